The maximum Gasteiger partial charge on any atom is 0.306 e. The van der Waals surface area contributed by atoms with Crippen molar-refractivity contribution in [3.05, 3.63) is 35.9 Å². The summed E-state index contributed by atoms with van der Waals surface area (Å²) in [6.07, 6.45) is 1.09. The van der Waals surface area contributed by atoms with Crippen molar-refractivity contribution < 1.29 is 9.53 Å². The second-order valence-corrected chi connectivity index (χ2v) is 5.74. The molecule has 104 valence electrons. The number of aliphatic imine (C=N–C) groups is 1. The summed E-state index contributed by atoms with van der Waals surface area (Å²) < 4.78 is 5.25. The quantitative estimate of drug-likeness (QED) is 0.601. The molecule has 0 radical (unpaired) electrons. The summed E-state index contributed by atoms with van der Waals surface area (Å²) in [7, 11) is 1.76. The second kappa shape index (κ2) is 7.07. The Bertz CT molecular complexity index is 430. The average molecular weight is 261 g/mol. The number of esters is 1. The average Bonchev–Trinajstić information content (AvgIpc) is 2.33. The topological polar surface area (TPSA) is 38.7 Å². The van der Waals surface area contributed by atoms with Crippen LogP contribution in [0.1, 0.15) is 39.2 Å². The van der Waals surface area contributed by atoms with E-state index in [1.165, 1.54) is 0 Å². The molecule has 1 aromatic carbocycles. The molecule has 3 nitrogen and oxygen atoms in total. The number of hydrogen-bond donors (Lipinski definition) is 0. The zero-order valence-electron chi connectivity index (χ0n) is 12.3. The van der Waals surface area contributed by atoms with E-state index < -0.39 is 0 Å². The van der Waals surface area contributed by atoms with E-state index in [2.05, 4.69) is 4.99 Å². The van der Waals surface area contributed by atoms with Crippen LogP contribution in [0.5, 0.6) is 0 Å². The van der Waals surface area contributed by atoms with Gasteiger partial charge in [0.15, 0.2) is 0 Å². The first-order valence-corrected chi connectivity index (χ1v) is 6.59. The van der Waals surface area contributed by atoms with Crippen molar-refractivity contribution in [2.45, 2.75) is 33.6 Å². The van der Waals surface area contributed by atoms with Crippen molar-refractivity contribution in [2.75, 3.05) is 13.7 Å². The van der Waals surface area contributed by atoms with Crippen LogP contribution in [0.2, 0.25) is 0 Å². The van der Waals surface area contributed by atoms with Gasteiger partial charge < -0.3 is 4.74 Å². The fraction of sp³-hybridized carbons (Fsp3) is 0.500. The molecular weight excluding hydrogens is 238 g/mol. The summed E-state index contributed by atoms with van der Waals surface area (Å²) >= 11 is 0. The lowest BCUT2D eigenvalue weighted by molar-refractivity contribution is -0.145. The van der Waals surface area contributed by atoms with Crippen LogP contribution in [-0.4, -0.2) is 25.3 Å². The van der Waals surface area contributed by atoms with Crippen molar-refractivity contribution in [3.63, 3.8) is 0 Å². The number of ether oxygens (including phenoxy) is 1. The lowest BCUT2D eigenvalue weighted by atomic mass is 9.92. The highest BCUT2D eigenvalue weighted by atomic mass is 16.5. The molecule has 0 bridgehead atoms. The van der Waals surface area contributed by atoms with Gasteiger partial charge in [-0.15, -0.1) is 0 Å². The van der Waals surface area contributed by atoms with Crippen LogP contribution >= 0.6 is 0 Å². The fourth-order valence-corrected chi connectivity index (χ4v) is 1.76. The fourth-order valence-electron chi connectivity index (χ4n) is 1.76. The summed E-state index contributed by atoms with van der Waals surface area (Å²) in [5.74, 6) is -0.143. The molecule has 0 fully saturated rings. The first-order chi connectivity index (χ1) is 8.92. The molecule has 0 saturated carbocycles. The predicted octanol–water partition coefficient (Wildman–Crippen LogP) is 3.48. The summed E-state index contributed by atoms with van der Waals surface area (Å²) in [5, 5.41) is 0. The van der Waals surface area contributed by atoms with Gasteiger partial charge in [0, 0.05) is 19.2 Å². The first kappa shape index (κ1) is 15.4. The molecule has 1 aromatic rings. The SMILES string of the molecule is CN=C(CCOC(=O)CC(C)(C)C)c1ccccc1. The molecule has 0 spiro atoms. The molecule has 0 aromatic heterocycles. The van der Waals surface area contributed by atoms with Gasteiger partial charge in [0.1, 0.15) is 0 Å². The van der Waals surface area contributed by atoms with Crippen LogP contribution in [0.4, 0.5) is 0 Å². The van der Waals surface area contributed by atoms with Crippen molar-refractivity contribution in [2.24, 2.45) is 10.4 Å². The number of nitrogens with zero attached hydrogens (tertiary/aromatic N) is 1. The lowest BCUT2D eigenvalue weighted by Gasteiger charge is -2.16. The predicted molar refractivity (Wildman–Crippen MR) is 78.6 cm³/mol. The molecule has 0 amide bonds. The summed E-state index contributed by atoms with van der Waals surface area (Å²) in [6.45, 7) is 6.46. The molecule has 0 unspecified atom stereocenters. The van der Waals surface area contributed by atoms with Crippen molar-refractivity contribution in [1.29, 1.82) is 0 Å². The second-order valence-electron chi connectivity index (χ2n) is 5.74. The largest absolute Gasteiger partial charge is 0.465 e. The molecule has 3 heteroatoms. The van der Waals surface area contributed by atoms with Gasteiger partial charge in [0.25, 0.3) is 0 Å². The highest BCUT2D eigenvalue weighted by Crippen LogP contribution is 2.18. The van der Waals surface area contributed by atoms with Crippen molar-refractivity contribution in [1.82, 2.24) is 0 Å². The molecule has 0 aliphatic rings. The highest BCUT2D eigenvalue weighted by molar-refractivity contribution is 6.00. The monoisotopic (exact) mass is 261 g/mol. The standard InChI is InChI=1S/C16H23NO2/c1-16(2,3)12-15(18)19-11-10-14(17-4)13-8-6-5-7-9-13/h5-9H,10-12H2,1-4H3. The zero-order valence-corrected chi connectivity index (χ0v) is 12.3. The van der Waals surface area contributed by atoms with Crippen LogP contribution in [0.15, 0.2) is 35.3 Å². The van der Waals surface area contributed by atoms with Crippen LogP contribution in [-0.2, 0) is 9.53 Å². The molecular formula is C16H23NO2. The van der Waals surface area contributed by atoms with Gasteiger partial charge >= 0.3 is 5.97 Å². The molecule has 0 aliphatic carbocycles. The number of rotatable bonds is 5. The molecule has 1 rings (SSSR count). The Morgan fingerprint density at radius 1 is 1.21 bits per heavy atom. The molecule has 0 atom stereocenters. The molecule has 0 N–H and O–H groups in total. The Kier molecular flexibility index (Phi) is 5.74. The highest BCUT2D eigenvalue weighted by Gasteiger charge is 2.17. The van der Waals surface area contributed by atoms with E-state index in [0.29, 0.717) is 19.4 Å². The summed E-state index contributed by atoms with van der Waals surface area (Å²) in [6, 6.07) is 9.96. The van der Waals surface area contributed by atoms with E-state index in [9.17, 15) is 4.79 Å². The van der Waals surface area contributed by atoms with Gasteiger partial charge in [-0.2, -0.15) is 0 Å². The van der Waals surface area contributed by atoms with Crippen LogP contribution in [0.3, 0.4) is 0 Å². The third-order valence-corrected chi connectivity index (χ3v) is 2.65. The Labute approximate surface area is 115 Å². The minimum absolute atomic E-state index is 0.0296. The number of carbonyl (C=O) groups excluding carboxylic acids is 1. The van der Waals surface area contributed by atoms with E-state index in [4.69, 9.17) is 4.74 Å². The number of benzene rings is 1. The van der Waals surface area contributed by atoms with Gasteiger partial charge in [-0.3, -0.25) is 9.79 Å². The first-order valence-electron chi connectivity index (χ1n) is 6.59. The van der Waals surface area contributed by atoms with Crippen LogP contribution in [0, 0.1) is 5.41 Å². The van der Waals surface area contributed by atoms with Crippen LogP contribution < -0.4 is 0 Å². The Balaban J connectivity index is 2.42. The minimum atomic E-state index is -0.143. The van der Waals surface area contributed by atoms with Gasteiger partial charge in [0.05, 0.1) is 13.0 Å². The van der Waals surface area contributed by atoms with Crippen molar-refractivity contribution in [3.8, 4) is 0 Å². The summed E-state index contributed by atoms with van der Waals surface area (Å²) in [5.41, 5.74) is 2.01. The number of carbonyl (C=O) groups is 1. The normalized spacial score (nSPS) is 12.3. The van der Waals surface area contributed by atoms with E-state index in [-0.39, 0.29) is 11.4 Å². The zero-order chi connectivity index (χ0) is 14.3. The Morgan fingerprint density at radius 3 is 2.37 bits per heavy atom. The minimum Gasteiger partial charge on any atom is -0.465 e. The van der Waals surface area contributed by atoms with E-state index in [0.717, 1.165) is 11.3 Å². The maximum atomic E-state index is 11.6. The third-order valence-electron chi connectivity index (χ3n) is 2.65. The molecule has 19 heavy (non-hydrogen) atoms. The molecule has 0 heterocycles. The Morgan fingerprint density at radius 2 is 1.84 bits per heavy atom. The Hall–Kier alpha value is -1.64. The van der Waals surface area contributed by atoms with Gasteiger partial charge in [-0.1, -0.05) is 51.1 Å². The smallest absolute Gasteiger partial charge is 0.306 e. The van der Waals surface area contributed by atoms with E-state index >= 15 is 0 Å². The van der Waals surface area contributed by atoms with Crippen molar-refractivity contribution >= 4 is 11.7 Å². The lowest BCUT2D eigenvalue weighted by Crippen LogP contribution is -2.17. The van der Waals surface area contributed by atoms with Gasteiger partial charge in [-0.25, -0.2) is 0 Å². The number of hydrogen-bond acceptors (Lipinski definition) is 3. The van der Waals surface area contributed by atoms with Gasteiger partial charge in [0.2, 0.25) is 0 Å². The maximum absolute atomic E-state index is 11.6. The third kappa shape index (κ3) is 6.18. The van der Waals surface area contributed by atoms with E-state index in [1.807, 2.05) is 51.1 Å². The van der Waals surface area contributed by atoms with Crippen LogP contribution in [0.25, 0.3) is 0 Å². The molecule has 0 saturated heterocycles. The van der Waals surface area contributed by atoms with Gasteiger partial charge in [-0.05, 0) is 11.0 Å². The van der Waals surface area contributed by atoms with E-state index in [1.54, 1.807) is 7.05 Å². The molecule has 0 aliphatic heterocycles. The summed E-state index contributed by atoms with van der Waals surface area (Å²) in [4.78, 5) is 15.9.